The number of ketones is 1. The van der Waals surface area contributed by atoms with Gasteiger partial charge in [0, 0.05) is 31.2 Å². The van der Waals surface area contributed by atoms with E-state index >= 15 is 0 Å². The number of likely N-dealkylation sites (tertiary alicyclic amines) is 1. The Bertz CT molecular complexity index is 840. The van der Waals surface area contributed by atoms with E-state index in [1.54, 1.807) is 6.07 Å². The number of phenolic OH excluding ortho intramolecular Hbond substituents is 1. The first kappa shape index (κ1) is 18.7. The van der Waals surface area contributed by atoms with Gasteiger partial charge in [-0.3, -0.25) is 9.69 Å². The number of benzene rings is 1. The number of hydrogen-bond acceptors (Lipinski definition) is 6. The molecule has 2 aliphatic carbocycles. The second kappa shape index (κ2) is 6.08. The number of phenols is 1. The second-order valence-electron chi connectivity index (χ2n) is 8.91. The van der Waals surface area contributed by atoms with Crippen molar-refractivity contribution in [2.75, 3.05) is 19.7 Å². The van der Waals surface area contributed by atoms with Gasteiger partial charge in [0.2, 0.25) is 0 Å². The van der Waals surface area contributed by atoms with Crippen LogP contribution in [0.2, 0.25) is 0 Å². The zero-order chi connectivity index (χ0) is 18.4. The van der Waals surface area contributed by atoms with Gasteiger partial charge in [-0.15, -0.1) is 12.4 Å². The summed E-state index contributed by atoms with van der Waals surface area (Å²) in [7, 11) is 0. The van der Waals surface area contributed by atoms with Gasteiger partial charge in [-0.25, -0.2) is 0 Å². The fraction of sp³-hybridized carbons (Fsp3) is 0.667. The van der Waals surface area contributed by atoms with Crippen LogP contribution in [0.15, 0.2) is 12.1 Å². The zero-order valence-corrected chi connectivity index (χ0v) is 16.5. The van der Waals surface area contributed by atoms with Crippen molar-refractivity contribution in [2.45, 2.75) is 67.8 Å². The number of Topliss-reactive ketones (excluding diaryl/α,β-unsaturated/α-hetero) is 1. The van der Waals surface area contributed by atoms with Gasteiger partial charge in [-0.05, 0) is 50.3 Å². The first-order valence-electron chi connectivity index (χ1n) is 10.2. The number of carbonyl (C=O) groups is 1. The van der Waals surface area contributed by atoms with Gasteiger partial charge >= 0.3 is 0 Å². The van der Waals surface area contributed by atoms with Crippen LogP contribution in [0, 0.1) is 0 Å². The number of rotatable bonds is 2. The van der Waals surface area contributed by atoms with Crippen LogP contribution >= 0.6 is 12.4 Å². The van der Waals surface area contributed by atoms with Crippen LogP contribution in [-0.4, -0.2) is 64.4 Å². The molecule has 28 heavy (non-hydrogen) atoms. The lowest BCUT2D eigenvalue weighted by Gasteiger charge is -2.62. The molecule has 152 valence electrons. The summed E-state index contributed by atoms with van der Waals surface area (Å²) in [5, 5.41) is 22.4. The zero-order valence-electron chi connectivity index (χ0n) is 15.7. The van der Waals surface area contributed by atoms with E-state index in [4.69, 9.17) is 9.47 Å². The van der Waals surface area contributed by atoms with Crippen LogP contribution in [0.25, 0.3) is 0 Å². The van der Waals surface area contributed by atoms with E-state index in [-0.39, 0.29) is 36.1 Å². The summed E-state index contributed by atoms with van der Waals surface area (Å²) in [6.45, 7) is 2.48. The van der Waals surface area contributed by atoms with E-state index in [2.05, 4.69) is 4.90 Å². The first-order valence-corrected chi connectivity index (χ1v) is 10.2. The lowest BCUT2D eigenvalue weighted by Crippen LogP contribution is -2.76. The van der Waals surface area contributed by atoms with Crippen LogP contribution in [0.4, 0.5) is 0 Å². The Morgan fingerprint density at radius 2 is 2.14 bits per heavy atom. The smallest absolute Gasteiger partial charge is 0.174 e. The average molecular weight is 408 g/mol. The fourth-order valence-corrected chi connectivity index (χ4v) is 6.68. The van der Waals surface area contributed by atoms with Gasteiger partial charge in [-0.2, -0.15) is 0 Å². The number of nitrogens with zero attached hydrogens (tertiary/aromatic N) is 1. The summed E-state index contributed by atoms with van der Waals surface area (Å²) in [5.74, 6) is 0.555. The van der Waals surface area contributed by atoms with Gasteiger partial charge in [0.1, 0.15) is 0 Å². The molecule has 1 saturated carbocycles. The second-order valence-corrected chi connectivity index (χ2v) is 8.91. The van der Waals surface area contributed by atoms with Crippen LogP contribution < -0.4 is 4.74 Å². The van der Waals surface area contributed by atoms with E-state index in [1.807, 2.05) is 6.07 Å². The standard InChI is InChI=1S/C21H25NO5.ClH/c23-14-4-3-12-10-16-21(25)6-5-15(24)19-20(21,17(12)18(14)27-19)7-8-22(16)11-13-2-1-9-26-13;/h3-4,13,16,19,23,25H,1-2,5-11H2;1H/t13-,16+,19-,20-,21+;/m0./s1. The molecule has 2 N–H and O–H groups in total. The molecule has 3 aliphatic heterocycles. The van der Waals surface area contributed by atoms with E-state index in [9.17, 15) is 15.0 Å². The molecular formula is C21H26ClNO5. The van der Waals surface area contributed by atoms with E-state index in [1.165, 1.54) is 0 Å². The molecule has 0 radical (unpaired) electrons. The number of carbonyl (C=O) groups excluding carboxylic acids is 1. The van der Waals surface area contributed by atoms with Gasteiger partial charge in [-0.1, -0.05) is 6.07 Å². The number of hydrogen-bond donors (Lipinski definition) is 2. The molecule has 1 aromatic carbocycles. The predicted molar refractivity (Wildman–Crippen MR) is 103 cm³/mol. The molecule has 1 aromatic rings. The summed E-state index contributed by atoms with van der Waals surface area (Å²) in [4.78, 5) is 15.2. The largest absolute Gasteiger partial charge is 0.504 e. The van der Waals surface area contributed by atoms with E-state index < -0.39 is 17.1 Å². The van der Waals surface area contributed by atoms with Crippen molar-refractivity contribution < 1.29 is 24.5 Å². The normalized spacial score (nSPS) is 40.6. The highest BCUT2D eigenvalue weighted by molar-refractivity contribution is 5.90. The fourth-order valence-electron chi connectivity index (χ4n) is 6.68. The molecule has 0 amide bonds. The lowest BCUT2D eigenvalue weighted by molar-refractivity contribution is -0.191. The Kier molecular flexibility index (Phi) is 4.05. The highest BCUT2D eigenvalue weighted by atomic mass is 35.5. The minimum atomic E-state index is -1.01. The highest BCUT2D eigenvalue weighted by Gasteiger charge is 2.73. The number of halogens is 1. The van der Waals surface area contributed by atoms with Gasteiger partial charge in [0.05, 0.1) is 17.1 Å². The number of aliphatic hydroxyl groups is 1. The molecule has 1 spiro atoms. The monoisotopic (exact) mass is 407 g/mol. The summed E-state index contributed by atoms with van der Waals surface area (Å²) in [5.41, 5.74) is 0.277. The molecule has 2 bridgehead atoms. The Morgan fingerprint density at radius 3 is 2.93 bits per heavy atom. The quantitative estimate of drug-likeness (QED) is 0.777. The third-order valence-electron chi connectivity index (χ3n) is 7.83. The molecule has 0 unspecified atom stereocenters. The summed E-state index contributed by atoms with van der Waals surface area (Å²) in [6, 6.07) is 3.57. The van der Waals surface area contributed by atoms with Gasteiger partial charge < -0.3 is 19.7 Å². The van der Waals surface area contributed by atoms with Gasteiger partial charge in [0.15, 0.2) is 23.4 Å². The highest BCUT2D eigenvalue weighted by Crippen LogP contribution is 2.64. The average Bonchev–Trinajstić information content (AvgIpc) is 3.27. The van der Waals surface area contributed by atoms with Gasteiger partial charge in [0.25, 0.3) is 0 Å². The summed E-state index contributed by atoms with van der Waals surface area (Å²) in [6.07, 6.45) is 3.93. The van der Waals surface area contributed by atoms with Crippen molar-refractivity contribution in [1.82, 2.24) is 4.90 Å². The predicted octanol–water partition coefficient (Wildman–Crippen LogP) is 1.72. The van der Waals surface area contributed by atoms with Crippen LogP contribution in [0.3, 0.4) is 0 Å². The topological polar surface area (TPSA) is 79.2 Å². The van der Waals surface area contributed by atoms with Crippen molar-refractivity contribution in [3.63, 3.8) is 0 Å². The Balaban J connectivity index is 0.00000171. The third-order valence-corrected chi connectivity index (χ3v) is 7.83. The molecule has 0 aromatic heterocycles. The molecule has 2 saturated heterocycles. The summed E-state index contributed by atoms with van der Waals surface area (Å²) < 4.78 is 11.9. The van der Waals surface area contributed by atoms with Crippen LogP contribution in [0.5, 0.6) is 11.5 Å². The van der Waals surface area contributed by atoms with Crippen molar-refractivity contribution in [3.05, 3.63) is 23.3 Å². The molecule has 5 aliphatic rings. The Morgan fingerprint density at radius 1 is 1.29 bits per heavy atom. The van der Waals surface area contributed by atoms with Crippen LogP contribution in [0.1, 0.15) is 43.2 Å². The minimum absolute atomic E-state index is 0. The maximum atomic E-state index is 12.8. The maximum absolute atomic E-state index is 12.8. The Hall–Kier alpha value is -1.34. The molecule has 3 heterocycles. The third kappa shape index (κ3) is 2.07. The van der Waals surface area contributed by atoms with Crippen molar-refractivity contribution in [3.8, 4) is 11.5 Å². The van der Waals surface area contributed by atoms with Crippen molar-refractivity contribution in [2.24, 2.45) is 0 Å². The molecule has 7 heteroatoms. The number of aromatic hydroxyl groups is 1. The molecule has 3 fully saturated rings. The number of piperidine rings is 1. The first-order chi connectivity index (χ1) is 13.0. The molecule has 6 nitrogen and oxygen atoms in total. The molecular weight excluding hydrogens is 382 g/mol. The number of ether oxygens (including phenoxy) is 2. The Labute approximate surface area is 170 Å². The maximum Gasteiger partial charge on any atom is 0.174 e. The van der Waals surface area contributed by atoms with Crippen molar-refractivity contribution in [1.29, 1.82) is 0 Å². The summed E-state index contributed by atoms with van der Waals surface area (Å²) >= 11 is 0. The van der Waals surface area contributed by atoms with Crippen LogP contribution in [-0.2, 0) is 21.4 Å². The van der Waals surface area contributed by atoms with Crippen molar-refractivity contribution >= 4 is 18.2 Å². The molecule has 6 rings (SSSR count). The SMILES string of the molecule is Cl.O=C1CC[C@@]2(O)[C@H]3Cc4ccc(O)c5c4[C@@]2(CCN3C[C@@H]2CCCO2)[C@H]1O5. The van der Waals surface area contributed by atoms with E-state index in [0.717, 1.165) is 50.1 Å². The molecule has 5 atom stereocenters. The lowest BCUT2D eigenvalue weighted by atomic mass is 9.49. The van der Waals surface area contributed by atoms with E-state index in [0.29, 0.717) is 25.0 Å². The minimum Gasteiger partial charge on any atom is -0.504 e.